The molecule has 1 unspecified atom stereocenters. The molecule has 1 aromatic rings. The van der Waals surface area contributed by atoms with Gasteiger partial charge in [-0.25, -0.2) is 0 Å². The molecule has 0 aliphatic carbocycles. The van der Waals surface area contributed by atoms with Gasteiger partial charge in [-0.1, -0.05) is 18.2 Å². The van der Waals surface area contributed by atoms with Gasteiger partial charge in [0.15, 0.2) is 0 Å². The third-order valence-electron chi connectivity index (χ3n) is 3.60. The minimum atomic E-state index is -0.243. The van der Waals surface area contributed by atoms with Crippen molar-refractivity contribution in [1.82, 2.24) is 5.32 Å². The number of hydrogen-bond donors (Lipinski definition) is 3. The summed E-state index contributed by atoms with van der Waals surface area (Å²) in [5, 5.41) is 15.4. The summed E-state index contributed by atoms with van der Waals surface area (Å²) in [5.41, 5.74) is 1.85. The summed E-state index contributed by atoms with van der Waals surface area (Å²) in [7, 11) is 0. The first kappa shape index (κ1) is 14.0. The number of aryl methyl sites for hydroxylation is 1. The molecule has 19 heavy (non-hydrogen) atoms. The van der Waals surface area contributed by atoms with Crippen molar-refractivity contribution in [3.8, 4) is 0 Å². The summed E-state index contributed by atoms with van der Waals surface area (Å²) in [6, 6.07) is 7.71. The Morgan fingerprint density at radius 2 is 2.16 bits per heavy atom. The Hall–Kier alpha value is -1.39. The highest BCUT2D eigenvalue weighted by molar-refractivity contribution is 5.96. The molecular weight excluding hydrogens is 240 g/mol. The molecule has 4 nitrogen and oxygen atoms in total. The van der Waals surface area contributed by atoms with E-state index >= 15 is 0 Å². The third kappa shape index (κ3) is 3.55. The monoisotopic (exact) mass is 262 g/mol. The van der Waals surface area contributed by atoms with E-state index < -0.39 is 0 Å². The number of para-hydroxylation sites is 1. The number of fused-ring (bicyclic) bond motifs is 1. The van der Waals surface area contributed by atoms with Crippen molar-refractivity contribution >= 4 is 11.6 Å². The number of carbonyl (C=O) groups is 1. The second-order valence-corrected chi connectivity index (χ2v) is 5.74. The van der Waals surface area contributed by atoms with Gasteiger partial charge < -0.3 is 15.7 Å². The summed E-state index contributed by atoms with van der Waals surface area (Å²) < 4.78 is 0. The van der Waals surface area contributed by atoms with Crippen LogP contribution in [0.5, 0.6) is 0 Å². The van der Waals surface area contributed by atoms with E-state index in [1.54, 1.807) is 0 Å². The van der Waals surface area contributed by atoms with Gasteiger partial charge in [0.1, 0.15) is 0 Å². The molecule has 0 radical (unpaired) electrons. The summed E-state index contributed by atoms with van der Waals surface area (Å²) >= 11 is 0. The van der Waals surface area contributed by atoms with E-state index in [1.165, 1.54) is 5.56 Å². The zero-order valence-electron chi connectivity index (χ0n) is 11.6. The Kier molecular flexibility index (Phi) is 4.22. The highest BCUT2D eigenvalue weighted by atomic mass is 16.3. The van der Waals surface area contributed by atoms with Crippen molar-refractivity contribution in [2.45, 2.75) is 44.7 Å². The van der Waals surface area contributed by atoms with Crippen molar-refractivity contribution in [1.29, 1.82) is 0 Å². The molecule has 0 bridgehead atoms. The molecule has 1 aromatic carbocycles. The standard InChI is InChI=1S/C15H22N2O2/c1-15(2,9-10-18)17-13-8-7-11-5-3-4-6-12(11)16-14(13)19/h3-6,13,17-18H,7-10H2,1-2H3,(H,16,19). The highest BCUT2D eigenvalue weighted by Gasteiger charge is 2.28. The predicted octanol–water partition coefficient (Wildman–Crippen LogP) is 1.69. The molecule has 4 heteroatoms. The second kappa shape index (κ2) is 5.72. The fourth-order valence-electron chi connectivity index (χ4n) is 2.47. The van der Waals surface area contributed by atoms with Gasteiger partial charge in [0.25, 0.3) is 0 Å². The van der Waals surface area contributed by atoms with Gasteiger partial charge >= 0.3 is 0 Å². The van der Waals surface area contributed by atoms with Gasteiger partial charge in [-0.3, -0.25) is 4.79 Å². The van der Waals surface area contributed by atoms with Gasteiger partial charge in [0.05, 0.1) is 6.04 Å². The first-order valence-electron chi connectivity index (χ1n) is 6.79. The summed E-state index contributed by atoms with van der Waals surface area (Å²) in [6.45, 7) is 4.14. The molecule has 0 aromatic heterocycles. The molecule has 0 saturated heterocycles. The smallest absolute Gasteiger partial charge is 0.241 e. The first-order chi connectivity index (χ1) is 9.02. The van der Waals surface area contributed by atoms with E-state index in [9.17, 15) is 4.79 Å². The normalized spacial score (nSPS) is 19.5. The van der Waals surface area contributed by atoms with Gasteiger partial charge in [0.2, 0.25) is 5.91 Å². The Morgan fingerprint density at radius 3 is 2.89 bits per heavy atom. The lowest BCUT2D eigenvalue weighted by Gasteiger charge is -2.30. The molecule has 1 aliphatic heterocycles. The third-order valence-corrected chi connectivity index (χ3v) is 3.60. The summed E-state index contributed by atoms with van der Waals surface area (Å²) in [5.74, 6) is 0.0102. The van der Waals surface area contributed by atoms with Crippen LogP contribution in [0.25, 0.3) is 0 Å². The van der Waals surface area contributed by atoms with E-state index in [0.717, 1.165) is 18.5 Å². The van der Waals surface area contributed by atoms with Crippen molar-refractivity contribution in [3.63, 3.8) is 0 Å². The van der Waals surface area contributed by atoms with Gasteiger partial charge in [-0.2, -0.15) is 0 Å². The Bertz CT molecular complexity index is 457. The van der Waals surface area contributed by atoms with Crippen molar-refractivity contribution in [3.05, 3.63) is 29.8 Å². The van der Waals surface area contributed by atoms with Crippen LogP contribution in [-0.2, 0) is 11.2 Å². The molecule has 104 valence electrons. The van der Waals surface area contributed by atoms with Crippen LogP contribution in [0.4, 0.5) is 5.69 Å². The van der Waals surface area contributed by atoms with Gasteiger partial charge in [0, 0.05) is 17.8 Å². The molecule has 1 aliphatic rings. The molecule has 3 N–H and O–H groups in total. The van der Waals surface area contributed by atoms with Crippen LogP contribution in [0.15, 0.2) is 24.3 Å². The number of benzene rings is 1. The average molecular weight is 262 g/mol. The zero-order chi connectivity index (χ0) is 13.9. The highest BCUT2D eigenvalue weighted by Crippen LogP contribution is 2.22. The van der Waals surface area contributed by atoms with E-state index in [2.05, 4.69) is 16.7 Å². The predicted molar refractivity (Wildman–Crippen MR) is 76.1 cm³/mol. The SMILES string of the molecule is CC(C)(CCO)NC1CCc2ccccc2NC1=O. The lowest BCUT2D eigenvalue weighted by molar-refractivity contribution is -0.118. The van der Waals surface area contributed by atoms with Crippen LogP contribution in [0.2, 0.25) is 0 Å². The van der Waals surface area contributed by atoms with Crippen LogP contribution in [-0.4, -0.2) is 29.2 Å². The maximum absolute atomic E-state index is 12.2. The van der Waals surface area contributed by atoms with Gasteiger partial charge in [-0.05, 0) is 44.7 Å². The number of anilines is 1. The topological polar surface area (TPSA) is 61.4 Å². The minimum absolute atomic E-state index is 0.0102. The van der Waals surface area contributed by atoms with Crippen LogP contribution in [0, 0.1) is 0 Å². The number of aliphatic hydroxyl groups excluding tert-OH is 1. The molecule has 0 spiro atoms. The zero-order valence-corrected chi connectivity index (χ0v) is 11.6. The van der Waals surface area contributed by atoms with E-state index in [-0.39, 0.29) is 24.1 Å². The lowest BCUT2D eigenvalue weighted by atomic mass is 9.97. The maximum Gasteiger partial charge on any atom is 0.241 e. The van der Waals surface area contributed by atoms with E-state index in [4.69, 9.17) is 5.11 Å². The molecule has 1 amide bonds. The quantitative estimate of drug-likeness (QED) is 0.774. The number of carbonyl (C=O) groups excluding carboxylic acids is 1. The second-order valence-electron chi connectivity index (χ2n) is 5.74. The Labute approximate surface area is 114 Å². The van der Waals surface area contributed by atoms with Gasteiger partial charge in [-0.15, -0.1) is 0 Å². The van der Waals surface area contributed by atoms with Crippen LogP contribution >= 0.6 is 0 Å². The van der Waals surface area contributed by atoms with E-state index in [0.29, 0.717) is 6.42 Å². The summed E-state index contributed by atoms with van der Waals surface area (Å²) in [6.07, 6.45) is 2.28. The number of rotatable bonds is 4. The molecule has 1 atom stereocenters. The fraction of sp³-hybridized carbons (Fsp3) is 0.533. The van der Waals surface area contributed by atoms with Crippen LogP contribution in [0.1, 0.15) is 32.3 Å². The van der Waals surface area contributed by atoms with Crippen molar-refractivity contribution in [2.75, 3.05) is 11.9 Å². The number of amides is 1. The molecule has 2 rings (SSSR count). The number of nitrogens with one attached hydrogen (secondary N) is 2. The average Bonchev–Trinajstić information content (AvgIpc) is 2.49. The first-order valence-corrected chi connectivity index (χ1v) is 6.79. The lowest BCUT2D eigenvalue weighted by Crippen LogP contribution is -2.51. The largest absolute Gasteiger partial charge is 0.396 e. The number of hydrogen-bond acceptors (Lipinski definition) is 3. The maximum atomic E-state index is 12.2. The van der Waals surface area contributed by atoms with Crippen molar-refractivity contribution in [2.24, 2.45) is 0 Å². The molecule has 1 heterocycles. The minimum Gasteiger partial charge on any atom is -0.396 e. The number of aliphatic hydroxyl groups is 1. The molecule has 0 fully saturated rings. The Morgan fingerprint density at radius 1 is 1.42 bits per heavy atom. The van der Waals surface area contributed by atoms with E-state index in [1.807, 2.05) is 32.0 Å². The molecular formula is C15H22N2O2. The fourth-order valence-corrected chi connectivity index (χ4v) is 2.47. The summed E-state index contributed by atoms with van der Waals surface area (Å²) in [4.78, 5) is 12.2. The molecule has 0 saturated carbocycles. The Balaban J connectivity index is 2.08. The van der Waals surface area contributed by atoms with Crippen LogP contribution in [0.3, 0.4) is 0 Å². The van der Waals surface area contributed by atoms with Crippen molar-refractivity contribution < 1.29 is 9.90 Å². The van der Waals surface area contributed by atoms with Crippen LogP contribution < -0.4 is 10.6 Å².